The number of hydrogen-bond donors (Lipinski definition) is 2. The van der Waals surface area contributed by atoms with E-state index in [0.717, 1.165) is 6.26 Å². The number of carbonyl (C=O) groups is 1. The quantitative estimate of drug-likeness (QED) is 0.556. The number of aliphatic hydroxyl groups is 2. The molecular formula is C9H19NO5S. The number of carbonyl (C=O) groups excluding carboxylic acids is 1. The summed E-state index contributed by atoms with van der Waals surface area (Å²) in [4.78, 5) is 12.8. The molecule has 0 unspecified atom stereocenters. The van der Waals surface area contributed by atoms with Crippen molar-refractivity contribution in [1.82, 2.24) is 4.90 Å². The van der Waals surface area contributed by atoms with E-state index in [4.69, 9.17) is 10.2 Å². The van der Waals surface area contributed by atoms with Gasteiger partial charge in [-0.2, -0.15) is 0 Å². The Morgan fingerprint density at radius 3 is 2.06 bits per heavy atom. The standard InChI is InChI=1S/C9H19NO5S/c1-16(14,15)8-2-3-9(13)10(4-6-11)5-7-12/h11-12H,2-8H2,1H3. The molecule has 0 aromatic heterocycles. The zero-order valence-corrected chi connectivity index (χ0v) is 10.2. The van der Waals surface area contributed by atoms with Crippen molar-refractivity contribution in [3.8, 4) is 0 Å². The van der Waals surface area contributed by atoms with E-state index in [1.54, 1.807) is 0 Å². The van der Waals surface area contributed by atoms with Crippen LogP contribution in [0.25, 0.3) is 0 Å². The Hall–Kier alpha value is -0.660. The van der Waals surface area contributed by atoms with Crippen molar-refractivity contribution < 1.29 is 23.4 Å². The SMILES string of the molecule is CS(=O)(=O)CCCC(=O)N(CCO)CCO. The molecule has 0 saturated carbocycles. The van der Waals surface area contributed by atoms with Gasteiger partial charge in [0.1, 0.15) is 9.84 Å². The number of rotatable bonds is 8. The van der Waals surface area contributed by atoms with Gasteiger partial charge in [-0.25, -0.2) is 8.42 Å². The highest BCUT2D eigenvalue weighted by atomic mass is 32.2. The van der Waals surface area contributed by atoms with Crippen LogP contribution in [0.4, 0.5) is 0 Å². The molecule has 0 aromatic carbocycles. The van der Waals surface area contributed by atoms with Crippen LogP contribution < -0.4 is 0 Å². The number of amides is 1. The maximum Gasteiger partial charge on any atom is 0.222 e. The fraction of sp³-hybridized carbons (Fsp3) is 0.889. The van der Waals surface area contributed by atoms with Crippen LogP contribution in [0.3, 0.4) is 0 Å². The molecule has 0 fully saturated rings. The molecule has 0 saturated heterocycles. The van der Waals surface area contributed by atoms with Crippen molar-refractivity contribution in [2.75, 3.05) is 38.3 Å². The van der Waals surface area contributed by atoms with Gasteiger partial charge in [-0.1, -0.05) is 0 Å². The van der Waals surface area contributed by atoms with Crippen LogP contribution in [0, 0.1) is 0 Å². The summed E-state index contributed by atoms with van der Waals surface area (Å²) in [5.41, 5.74) is 0. The smallest absolute Gasteiger partial charge is 0.222 e. The molecule has 96 valence electrons. The summed E-state index contributed by atoms with van der Waals surface area (Å²) in [6, 6.07) is 0. The molecule has 0 aromatic rings. The van der Waals surface area contributed by atoms with E-state index in [1.807, 2.05) is 0 Å². The van der Waals surface area contributed by atoms with Gasteiger partial charge in [-0.15, -0.1) is 0 Å². The molecule has 0 aliphatic heterocycles. The summed E-state index contributed by atoms with van der Waals surface area (Å²) in [5.74, 6) is -0.267. The van der Waals surface area contributed by atoms with E-state index in [0.29, 0.717) is 0 Å². The molecule has 0 aliphatic rings. The third-order valence-electron chi connectivity index (χ3n) is 2.00. The summed E-state index contributed by atoms with van der Waals surface area (Å²) in [7, 11) is -3.04. The summed E-state index contributed by atoms with van der Waals surface area (Å²) < 4.78 is 21.7. The van der Waals surface area contributed by atoms with Crippen LogP contribution in [0.5, 0.6) is 0 Å². The predicted molar refractivity (Wildman–Crippen MR) is 59.7 cm³/mol. The molecule has 0 aliphatic carbocycles. The predicted octanol–water partition coefficient (Wildman–Crippen LogP) is -1.38. The van der Waals surface area contributed by atoms with Gasteiger partial charge in [-0.05, 0) is 6.42 Å². The first-order valence-electron chi connectivity index (χ1n) is 5.08. The van der Waals surface area contributed by atoms with Crippen LogP contribution in [0.15, 0.2) is 0 Å². The molecular weight excluding hydrogens is 234 g/mol. The second-order valence-electron chi connectivity index (χ2n) is 3.56. The molecule has 0 heterocycles. The number of aliphatic hydroxyl groups excluding tert-OH is 2. The zero-order chi connectivity index (χ0) is 12.6. The van der Waals surface area contributed by atoms with Gasteiger partial charge in [0, 0.05) is 25.8 Å². The third kappa shape index (κ3) is 7.61. The van der Waals surface area contributed by atoms with Crippen molar-refractivity contribution in [1.29, 1.82) is 0 Å². The highest BCUT2D eigenvalue weighted by Gasteiger charge is 2.13. The lowest BCUT2D eigenvalue weighted by Gasteiger charge is -2.20. The lowest BCUT2D eigenvalue weighted by atomic mass is 10.3. The summed E-state index contributed by atoms with van der Waals surface area (Å²) >= 11 is 0. The first-order valence-corrected chi connectivity index (χ1v) is 7.14. The first kappa shape index (κ1) is 15.3. The highest BCUT2D eigenvalue weighted by molar-refractivity contribution is 7.90. The van der Waals surface area contributed by atoms with E-state index < -0.39 is 9.84 Å². The van der Waals surface area contributed by atoms with Gasteiger partial charge in [-0.3, -0.25) is 4.79 Å². The maximum atomic E-state index is 11.5. The average Bonchev–Trinajstić information content (AvgIpc) is 2.15. The second kappa shape index (κ2) is 7.59. The molecule has 0 radical (unpaired) electrons. The highest BCUT2D eigenvalue weighted by Crippen LogP contribution is 2.00. The first-order chi connectivity index (χ1) is 7.40. The molecule has 0 spiro atoms. The minimum absolute atomic E-state index is 0.0230. The molecule has 7 heteroatoms. The topological polar surface area (TPSA) is 94.9 Å². The largest absolute Gasteiger partial charge is 0.395 e. The van der Waals surface area contributed by atoms with Gasteiger partial charge < -0.3 is 15.1 Å². The van der Waals surface area contributed by atoms with Crippen molar-refractivity contribution in [3.05, 3.63) is 0 Å². The molecule has 0 rings (SSSR count). The van der Waals surface area contributed by atoms with Crippen LogP contribution in [0.1, 0.15) is 12.8 Å². The number of sulfone groups is 1. The zero-order valence-electron chi connectivity index (χ0n) is 9.42. The minimum atomic E-state index is -3.04. The Bertz CT molecular complexity index is 295. The van der Waals surface area contributed by atoms with Gasteiger partial charge in [0.05, 0.1) is 19.0 Å². The van der Waals surface area contributed by atoms with Gasteiger partial charge in [0.15, 0.2) is 0 Å². The molecule has 16 heavy (non-hydrogen) atoms. The van der Waals surface area contributed by atoms with E-state index in [9.17, 15) is 13.2 Å². The fourth-order valence-electron chi connectivity index (χ4n) is 1.25. The molecule has 1 amide bonds. The van der Waals surface area contributed by atoms with Crippen LogP contribution in [0.2, 0.25) is 0 Å². The van der Waals surface area contributed by atoms with Crippen molar-refractivity contribution in [2.45, 2.75) is 12.8 Å². The lowest BCUT2D eigenvalue weighted by Crippen LogP contribution is -2.35. The Balaban J connectivity index is 4.00. The molecule has 2 N–H and O–H groups in total. The van der Waals surface area contributed by atoms with Crippen molar-refractivity contribution in [2.24, 2.45) is 0 Å². The van der Waals surface area contributed by atoms with Gasteiger partial charge >= 0.3 is 0 Å². The van der Waals surface area contributed by atoms with Crippen LogP contribution >= 0.6 is 0 Å². The van der Waals surface area contributed by atoms with E-state index in [-0.39, 0.29) is 50.8 Å². The van der Waals surface area contributed by atoms with E-state index in [1.165, 1.54) is 4.90 Å². The van der Waals surface area contributed by atoms with Gasteiger partial charge in [0.2, 0.25) is 5.91 Å². The summed E-state index contributed by atoms with van der Waals surface area (Å²) in [6.45, 7) is -0.00777. The van der Waals surface area contributed by atoms with Crippen molar-refractivity contribution in [3.63, 3.8) is 0 Å². The monoisotopic (exact) mass is 253 g/mol. The third-order valence-corrected chi connectivity index (χ3v) is 3.03. The summed E-state index contributed by atoms with van der Waals surface area (Å²) in [6.07, 6.45) is 1.51. The van der Waals surface area contributed by atoms with E-state index >= 15 is 0 Å². The molecule has 6 nitrogen and oxygen atoms in total. The normalized spacial score (nSPS) is 11.4. The Kier molecular flexibility index (Phi) is 7.27. The molecule has 0 atom stereocenters. The number of hydrogen-bond acceptors (Lipinski definition) is 5. The number of nitrogens with zero attached hydrogens (tertiary/aromatic N) is 1. The van der Waals surface area contributed by atoms with Gasteiger partial charge in [0.25, 0.3) is 0 Å². The van der Waals surface area contributed by atoms with E-state index in [2.05, 4.69) is 0 Å². The Morgan fingerprint density at radius 1 is 1.19 bits per heavy atom. The maximum absolute atomic E-state index is 11.5. The lowest BCUT2D eigenvalue weighted by molar-refractivity contribution is -0.132. The van der Waals surface area contributed by atoms with Crippen LogP contribution in [-0.2, 0) is 14.6 Å². The Morgan fingerprint density at radius 2 is 1.69 bits per heavy atom. The van der Waals surface area contributed by atoms with Crippen molar-refractivity contribution >= 4 is 15.7 Å². The molecule has 0 bridgehead atoms. The minimum Gasteiger partial charge on any atom is -0.395 e. The summed E-state index contributed by atoms with van der Waals surface area (Å²) in [5, 5.41) is 17.4. The average molecular weight is 253 g/mol. The fourth-order valence-corrected chi connectivity index (χ4v) is 1.92. The Labute approximate surface area is 95.8 Å². The van der Waals surface area contributed by atoms with Crippen LogP contribution in [-0.4, -0.2) is 67.7 Å². The second-order valence-corrected chi connectivity index (χ2v) is 5.82.